The predicted molar refractivity (Wildman–Crippen MR) is 207 cm³/mol. The van der Waals surface area contributed by atoms with Crippen molar-refractivity contribution in [2.45, 2.75) is 67.5 Å². The lowest BCUT2D eigenvalue weighted by atomic mass is 10.0. The number of unbranched alkanes of at least 4 members (excludes halogenated alkanes) is 1. The Labute approximate surface area is 358 Å². The minimum Gasteiger partial charge on any atom is -0.756 e. The summed E-state index contributed by atoms with van der Waals surface area (Å²) in [6, 6.07) is -1.91. The first-order valence-corrected chi connectivity index (χ1v) is 24.5. The number of nitrogen functional groups attached to an aromatic ring is 1. The van der Waals surface area contributed by atoms with E-state index in [1.165, 1.54) is 10.9 Å². The van der Waals surface area contributed by atoms with Crippen LogP contribution in [0.5, 0.6) is 0 Å². The summed E-state index contributed by atoms with van der Waals surface area (Å²) in [5.41, 5.74) is 6.11. The second-order valence-corrected chi connectivity index (χ2v) is 19.5. The van der Waals surface area contributed by atoms with E-state index in [-0.39, 0.29) is 74.0 Å². The summed E-state index contributed by atoms with van der Waals surface area (Å²) in [7, 11) is -16.9. The molecule has 0 radical (unpaired) electrons. The molecule has 5 amide bonds. The van der Waals surface area contributed by atoms with E-state index in [2.05, 4.69) is 59.2 Å². The second kappa shape index (κ2) is 23.2. The highest BCUT2D eigenvalue weighted by atomic mass is 32.2. The molecule has 3 saturated heterocycles. The number of anilines is 1. The van der Waals surface area contributed by atoms with E-state index >= 15 is 0 Å². The normalized spacial score (nSPS) is 26.2. The maximum absolute atomic E-state index is 12.9. The summed E-state index contributed by atoms with van der Waals surface area (Å²) in [6.45, 7) is 0.663. The van der Waals surface area contributed by atoms with Crippen LogP contribution >= 0.6 is 35.2 Å². The molecule has 28 nitrogen and oxygen atoms in total. The lowest BCUT2D eigenvalue weighted by Crippen LogP contribution is -2.50. The summed E-state index contributed by atoms with van der Waals surface area (Å²) in [6.07, 6.45) is 0.717. The molecule has 3 aliphatic rings. The molecule has 2 aromatic heterocycles. The highest BCUT2D eigenvalue weighted by Gasteiger charge is 2.47. The number of carbonyl (C=O) groups is 3. The molecule has 4 unspecified atom stereocenters. The van der Waals surface area contributed by atoms with Gasteiger partial charge in [-0.2, -0.15) is 11.8 Å². The molecule has 5 rings (SSSR count). The minimum atomic E-state index is -6.08. The SMILES string of the molecule is COP(=O)([O-])OP(=O)([O-])OP(=O)([O-])OC[C@H]1O[C@@H](n2cnc3c(N)ncnc32)C(NC(=O)NCCOCCOCCOCCNC(=O)CCCC[C@@H]2SC[C@@H]3NC(=O)N[C@@H]32)[C@H]1O. The molecule has 0 bridgehead atoms. The van der Waals surface area contributed by atoms with Gasteiger partial charge in [-0.3, -0.25) is 23.1 Å². The van der Waals surface area contributed by atoms with Crippen LogP contribution in [0.2, 0.25) is 0 Å². The van der Waals surface area contributed by atoms with Crippen molar-refractivity contribution in [3.05, 3.63) is 12.7 Å². The van der Waals surface area contributed by atoms with Crippen molar-refractivity contribution in [1.29, 1.82) is 0 Å². The quantitative estimate of drug-likeness (QED) is 0.0273. The standard InChI is InChI=1S/C30H51N10O18P3S/c1-51-59(45,46)57-61(49,50)58-60(47,48)55-14-19-25(42)23(28(56-19)40-17-36-24-26(31)34-16-35-27(24)40)39-29(43)33-7-9-53-11-13-54-12-10-52-8-6-32-21(41)5-3-2-4-20-22-18(15-62-20)37-30(44)38-22/h16-20,22-23,25,28,42H,2-15H2,1H3,(H,32,41)(H,45,46)(H,47,48)(H,49,50)(H2,31,34,35)(H2,33,39,43)(H2,37,38,44)/p-3/t18-,19+,20-,22-,23?,25-,28+/m0/s1. The summed E-state index contributed by atoms with van der Waals surface area (Å²) in [4.78, 5) is 83.9. The number of hydrogen-bond acceptors (Lipinski definition) is 23. The molecule has 0 spiro atoms. The molecule has 0 saturated carbocycles. The number of nitrogens with zero attached hydrogens (tertiary/aromatic N) is 4. The van der Waals surface area contributed by atoms with Gasteiger partial charge in [-0.25, -0.2) is 33.2 Å². The highest BCUT2D eigenvalue weighted by molar-refractivity contribution is 8.00. The third-order valence-electron chi connectivity index (χ3n) is 9.27. The van der Waals surface area contributed by atoms with E-state index < -0.39 is 60.6 Å². The number of fused-ring (bicyclic) bond motifs is 2. The number of thioether (sulfide) groups is 1. The average molecular weight is 962 g/mol. The van der Waals surface area contributed by atoms with E-state index in [1.807, 2.05) is 11.8 Å². The Balaban J connectivity index is 0.943. The maximum Gasteiger partial charge on any atom is 0.315 e. The number of aliphatic hydroxyl groups is 1. The van der Waals surface area contributed by atoms with Gasteiger partial charge in [0.1, 0.15) is 30.1 Å². The van der Waals surface area contributed by atoms with E-state index in [1.54, 1.807) is 0 Å². The molecule has 3 aliphatic heterocycles. The Morgan fingerprint density at radius 1 is 0.968 bits per heavy atom. The number of carbonyl (C=O) groups excluding carboxylic acids is 3. The zero-order valence-corrected chi connectivity index (χ0v) is 36.6. The third kappa shape index (κ3) is 15.0. The smallest absolute Gasteiger partial charge is 0.315 e. The number of aliphatic hydroxyl groups excluding tert-OH is 1. The number of imidazole rings is 1. The number of ether oxygens (including phenoxy) is 4. The monoisotopic (exact) mass is 961 g/mol. The highest BCUT2D eigenvalue weighted by Crippen LogP contribution is 2.62. The van der Waals surface area contributed by atoms with Crippen LogP contribution in [0.15, 0.2) is 12.7 Å². The Bertz CT molecular complexity index is 1970. The molecule has 10 atom stereocenters. The van der Waals surface area contributed by atoms with Crippen LogP contribution in [0, 0.1) is 0 Å². The van der Waals surface area contributed by atoms with Crippen molar-refractivity contribution in [2.75, 3.05) is 77.9 Å². The van der Waals surface area contributed by atoms with Gasteiger partial charge in [-0.05, 0) is 12.8 Å². The fourth-order valence-electron chi connectivity index (χ4n) is 6.42. The van der Waals surface area contributed by atoms with E-state index in [0.717, 1.165) is 31.3 Å². The lowest BCUT2D eigenvalue weighted by molar-refractivity contribution is -0.251. The van der Waals surface area contributed by atoms with Gasteiger partial charge in [0, 0.05) is 37.6 Å². The lowest BCUT2D eigenvalue weighted by Gasteiger charge is -2.34. The topological polar surface area (TPSA) is 395 Å². The third-order valence-corrected chi connectivity index (χ3v) is 14.9. The van der Waals surface area contributed by atoms with Crippen molar-refractivity contribution in [1.82, 2.24) is 46.1 Å². The van der Waals surface area contributed by atoms with Gasteiger partial charge in [0.15, 0.2) is 17.7 Å². The molecular formula is C30H48N10O18P3S-3. The van der Waals surface area contributed by atoms with Crippen molar-refractivity contribution in [3.63, 3.8) is 0 Å². The summed E-state index contributed by atoms with van der Waals surface area (Å²) in [5.74, 6) is 0.853. The van der Waals surface area contributed by atoms with Crippen molar-refractivity contribution >= 4 is 70.2 Å². The molecule has 32 heteroatoms. The van der Waals surface area contributed by atoms with E-state index in [0.29, 0.717) is 38.5 Å². The maximum atomic E-state index is 12.9. The first-order valence-electron chi connectivity index (χ1n) is 19.0. The Morgan fingerprint density at radius 3 is 2.35 bits per heavy atom. The van der Waals surface area contributed by atoms with Crippen LogP contribution in [0.4, 0.5) is 15.4 Å². The molecule has 8 N–H and O–H groups in total. The fourth-order valence-corrected chi connectivity index (χ4v) is 11.1. The van der Waals surface area contributed by atoms with Gasteiger partial charge in [0.25, 0.3) is 23.5 Å². The van der Waals surface area contributed by atoms with Crippen LogP contribution in [0.1, 0.15) is 31.9 Å². The summed E-state index contributed by atoms with van der Waals surface area (Å²) >= 11 is 1.85. The van der Waals surface area contributed by atoms with Gasteiger partial charge in [0.2, 0.25) is 5.91 Å². The molecule has 5 heterocycles. The summed E-state index contributed by atoms with van der Waals surface area (Å²) in [5, 5.41) is 25.2. The number of rotatable bonds is 27. The second-order valence-electron chi connectivity index (χ2n) is 13.6. The predicted octanol–water partition coefficient (Wildman–Crippen LogP) is -2.67. The van der Waals surface area contributed by atoms with Crippen LogP contribution in [0.3, 0.4) is 0 Å². The van der Waals surface area contributed by atoms with Crippen molar-refractivity contribution < 1.29 is 84.5 Å². The number of urea groups is 2. The van der Waals surface area contributed by atoms with E-state index in [9.17, 15) is 47.9 Å². The van der Waals surface area contributed by atoms with Gasteiger partial charge in [0.05, 0.1) is 64.7 Å². The van der Waals surface area contributed by atoms with Gasteiger partial charge < -0.3 is 80.1 Å². The zero-order valence-electron chi connectivity index (χ0n) is 33.1. The minimum absolute atomic E-state index is 0.00449. The number of phosphoric acid groups is 3. The summed E-state index contributed by atoms with van der Waals surface area (Å²) < 4.78 is 74.5. The number of aromatic nitrogens is 4. The number of nitrogens with two attached hydrogens (primary N) is 1. The molecule has 2 aromatic rings. The van der Waals surface area contributed by atoms with Crippen LogP contribution < -0.4 is 47.0 Å². The molecule has 62 heavy (non-hydrogen) atoms. The van der Waals surface area contributed by atoms with Crippen molar-refractivity contribution in [2.24, 2.45) is 0 Å². The first-order chi connectivity index (χ1) is 29.5. The Hall–Kier alpha value is -3.08. The zero-order chi connectivity index (χ0) is 44.9. The largest absolute Gasteiger partial charge is 0.756 e. The number of nitrogens with one attached hydrogen (secondary N) is 5. The molecule has 0 aromatic carbocycles. The molecule has 3 fully saturated rings. The van der Waals surface area contributed by atoms with Crippen LogP contribution in [0.25, 0.3) is 11.2 Å². The Morgan fingerprint density at radius 2 is 1.65 bits per heavy atom. The number of amides is 5. The van der Waals surface area contributed by atoms with Crippen LogP contribution in [-0.4, -0.2) is 150 Å². The molecule has 0 aliphatic carbocycles. The number of hydrogen-bond donors (Lipinski definition) is 7. The molecular weight excluding hydrogens is 913 g/mol. The first kappa shape index (κ1) is 49.9. The molecule has 350 valence electrons. The Kier molecular flexibility index (Phi) is 18.7. The van der Waals surface area contributed by atoms with Gasteiger partial charge >= 0.3 is 12.1 Å². The fraction of sp³-hybridized carbons (Fsp3) is 0.733. The van der Waals surface area contributed by atoms with Crippen molar-refractivity contribution in [3.8, 4) is 0 Å². The van der Waals surface area contributed by atoms with Gasteiger partial charge in [-0.1, -0.05) is 6.42 Å². The van der Waals surface area contributed by atoms with E-state index in [4.69, 9.17) is 24.7 Å². The van der Waals surface area contributed by atoms with Crippen LogP contribution in [-0.2, 0) is 55.1 Å². The number of phosphoric ester groups is 2. The average Bonchev–Trinajstić information content (AvgIpc) is 3.97. The van der Waals surface area contributed by atoms with Gasteiger partial charge in [-0.15, -0.1) is 0 Å².